The lowest BCUT2D eigenvalue weighted by molar-refractivity contribution is 0.342. The standard InChI is InChI=1S/C15H14N2O4S2/c1-2-21-13-6-4-3-5-11(13)17-23(19,20)10-7-8-12-14(9-10)22-15(18)16-12/h3-9,17H,2H2,1H3,(H,16,18). The third-order valence-electron chi connectivity index (χ3n) is 3.13. The minimum Gasteiger partial charge on any atom is -0.492 e. The van der Waals surface area contributed by atoms with Crippen molar-refractivity contribution in [1.82, 2.24) is 4.98 Å². The second-order valence-electron chi connectivity index (χ2n) is 4.71. The van der Waals surface area contributed by atoms with Crippen molar-refractivity contribution >= 4 is 37.3 Å². The SMILES string of the molecule is CCOc1ccccc1NS(=O)(=O)c1ccc2[nH]c(=O)sc2c1. The van der Waals surface area contributed by atoms with E-state index in [1.54, 1.807) is 30.3 Å². The zero-order valence-corrected chi connectivity index (χ0v) is 13.8. The molecule has 6 nitrogen and oxygen atoms in total. The van der Waals surface area contributed by atoms with Crippen LogP contribution in [-0.2, 0) is 10.0 Å². The van der Waals surface area contributed by atoms with Gasteiger partial charge < -0.3 is 9.72 Å². The smallest absolute Gasteiger partial charge is 0.305 e. The van der Waals surface area contributed by atoms with Crippen LogP contribution in [-0.4, -0.2) is 20.0 Å². The van der Waals surface area contributed by atoms with Crippen LogP contribution in [0.3, 0.4) is 0 Å². The molecular formula is C15H14N2O4S2. The Hall–Kier alpha value is -2.32. The Balaban J connectivity index is 1.98. The van der Waals surface area contributed by atoms with Crippen LogP contribution in [0.2, 0.25) is 0 Å². The topological polar surface area (TPSA) is 88.3 Å². The van der Waals surface area contributed by atoms with E-state index in [0.29, 0.717) is 28.3 Å². The lowest BCUT2D eigenvalue weighted by Gasteiger charge is -2.12. The van der Waals surface area contributed by atoms with Crippen LogP contribution in [0.4, 0.5) is 5.69 Å². The first kappa shape index (κ1) is 15.6. The molecule has 120 valence electrons. The zero-order chi connectivity index (χ0) is 16.4. The van der Waals surface area contributed by atoms with E-state index >= 15 is 0 Å². The van der Waals surface area contributed by atoms with Gasteiger partial charge in [0.05, 0.1) is 27.4 Å². The molecule has 0 aliphatic carbocycles. The second kappa shape index (κ2) is 6.05. The van der Waals surface area contributed by atoms with E-state index in [0.717, 1.165) is 11.3 Å². The zero-order valence-electron chi connectivity index (χ0n) is 12.2. The fraction of sp³-hybridized carbons (Fsp3) is 0.133. The lowest BCUT2D eigenvalue weighted by atomic mass is 10.3. The van der Waals surface area contributed by atoms with Crippen molar-refractivity contribution in [3.05, 3.63) is 52.1 Å². The van der Waals surface area contributed by atoms with E-state index in [9.17, 15) is 13.2 Å². The molecule has 2 aromatic carbocycles. The average Bonchev–Trinajstić information content (AvgIpc) is 2.88. The van der Waals surface area contributed by atoms with Crippen molar-refractivity contribution in [2.24, 2.45) is 0 Å². The quantitative estimate of drug-likeness (QED) is 0.740. The number of H-pyrrole nitrogens is 1. The van der Waals surface area contributed by atoms with Crippen molar-refractivity contribution in [3.8, 4) is 5.75 Å². The average molecular weight is 350 g/mol. The maximum atomic E-state index is 12.6. The first-order valence-electron chi connectivity index (χ1n) is 6.87. The summed E-state index contributed by atoms with van der Waals surface area (Å²) < 4.78 is 33.7. The summed E-state index contributed by atoms with van der Waals surface area (Å²) in [4.78, 5) is 13.9. The van der Waals surface area contributed by atoms with Gasteiger partial charge in [-0.1, -0.05) is 23.5 Å². The largest absolute Gasteiger partial charge is 0.492 e. The van der Waals surface area contributed by atoms with Crippen molar-refractivity contribution < 1.29 is 13.2 Å². The number of hydrogen-bond acceptors (Lipinski definition) is 5. The summed E-state index contributed by atoms with van der Waals surface area (Å²) >= 11 is 0.972. The van der Waals surface area contributed by atoms with E-state index in [1.165, 1.54) is 12.1 Å². The summed E-state index contributed by atoms with van der Waals surface area (Å²) in [6, 6.07) is 11.3. The van der Waals surface area contributed by atoms with E-state index in [-0.39, 0.29) is 9.77 Å². The predicted molar refractivity (Wildman–Crippen MR) is 90.9 cm³/mol. The van der Waals surface area contributed by atoms with Gasteiger partial charge in [0, 0.05) is 0 Å². The molecule has 1 aromatic heterocycles. The molecule has 3 aromatic rings. The highest BCUT2D eigenvalue weighted by atomic mass is 32.2. The summed E-state index contributed by atoms with van der Waals surface area (Å²) in [6.45, 7) is 2.26. The number of rotatable bonds is 5. The predicted octanol–water partition coefficient (Wildman–Crippen LogP) is 2.79. The van der Waals surface area contributed by atoms with Gasteiger partial charge in [0.25, 0.3) is 10.0 Å². The van der Waals surface area contributed by atoms with Crippen LogP contribution in [0.25, 0.3) is 10.2 Å². The molecule has 23 heavy (non-hydrogen) atoms. The number of fused-ring (bicyclic) bond motifs is 1. The van der Waals surface area contributed by atoms with Gasteiger partial charge in [-0.3, -0.25) is 9.52 Å². The number of ether oxygens (including phenoxy) is 1. The molecule has 0 spiro atoms. The second-order valence-corrected chi connectivity index (χ2v) is 7.40. The Morgan fingerprint density at radius 1 is 1.22 bits per heavy atom. The van der Waals surface area contributed by atoms with Gasteiger partial charge in [0.2, 0.25) is 0 Å². The van der Waals surface area contributed by atoms with Crippen LogP contribution < -0.4 is 14.3 Å². The molecule has 0 saturated heterocycles. The monoisotopic (exact) mass is 350 g/mol. The van der Waals surface area contributed by atoms with Crippen LogP contribution in [0, 0.1) is 0 Å². The van der Waals surface area contributed by atoms with Gasteiger partial charge >= 0.3 is 4.87 Å². The van der Waals surface area contributed by atoms with Gasteiger partial charge in [-0.15, -0.1) is 0 Å². The fourth-order valence-electron chi connectivity index (χ4n) is 2.13. The highest BCUT2D eigenvalue weighted by molar-refractivity contribution is 7.92. The van der Waals surface area contributed by atoms with Crippen LogP contribution in [0.5, 0.6) is 5.75 Å². The third-order valence-corrected chi connectivity index (χ3v) is 5.34. The van der Waals surface area contributed by atoms with Gasteiger partial charge in [-0.05, 0) is 37.3 Å². The molecule has 2 N–H and O–H groups in total. The van der Waals surface area contributed by atoms with Gasteiger partial charge in [-0.2, -0.15) is 0 Å². The molecule has 0 saturated carbocycles. The number of nitrogens with one attached hydrogen (secondary N) is 2. The fourth-order valence-corrected chi connectivity index (χ4v) is 4.08. The van der Waals surface area contributed by atoms with Crippen molar-refractivity contribution in [1.29, 1.82) is 0 Å². The Morgan fingerprint density at radius 3 is 2.78 bits per heavy atom. The van der Waals surface area contributed by atoms with E-state index in [2.05, 4.69) is 9.71 Å². The molecule has 3 rings (SSSR count). The molecule has 0 aliphatic heterocycles. The van der Waals surface area contributed by atoms with Crippen molar-refractivity contribution in [2.75, 3.05) is 11.3 Å². The minimum atomic E-state index is -3.78. The molecule has 0 bridgehead atoms. The summed E-state index contributed by atoms with van der Waals surface area (Å²) in [5.41, 5.74) is 0.991. The third kappa shape index (κ3) is 3.22. The summed E-state index contributed by atoms with van der Waals surface area (Å²) in [7, 11) is -3.78. The van der Waals surface area contributed by atoms with Crippen molar-refractivity contribution in [2.45, 2.75) is 11.8 Å². The maximum absolute atomic E-state index is 12.6. The number of anilines is 1. The Morgan fingerprint density at radius 2 is 2.00 bits per heavy atom. The molecule has 0 amide bonds. The van der Waals surface area contributed by atoms with Gasteiger partial charge in [0.1, 0.15) is 5.75 Å². The van der Waals surface area contributed by atoms with E-state index in [1.807, 2.05) is 6.92 Å². The molecule has 1 heterocycles. The molecule has 0 fully saturated rings. The van der Waals surface area contributed by atoms with Crippen LogP contribution in [0.1, 0.15) is 6.92 Å². The number of hydrogen-bond donors (Lipinski definition) is 2. The summed E-state index contributed by atoms with van der Waals surface area (Å²) in [5.74, 6) is 0.464. The molecule has 0 aliphatic rings. The number of aromatic amines is 1. The van der Waals surface area contributed by atoms with Gasteiger partial charge in [-0.25, -0.2) is 8.42 Å². The van der Waals surface area contributed by atoms with E-state index in [4.69, 9.17) is 4.74 Å². The number of sulfonamides is 1. The Bertz CT molecular complexity index is 1010. The summed E-state index contributed by atoms with van der Waals surface area (Å²) in [6.07, 6.45) is 0. The number of para-hydroxylation sites is 2. The van der Waals surface area contributed by atoms with Crippen LogP contribution >= 0.6 is 11.3 Å². The summed E-state index contributed by atoms with van der Waals surface area (Å²) in [5, 5.41) is 0. The van der Waals surface area contributed by atoms with Gasteiger partial charge in [0.15, 0.2) is 0 Å². The normalized spacial score (nSPS) is 11.5. The molecule has 0 radical (unpaired) electrons. The highest BCUT2D eigenvalue weighted by Gasteiger charge is 2.17. The first-order chi connectivity index (χ1) is 11.0. The number of thiazole rings is 1. The van der Waals surface area contributed by atoms with Crippen LogP contribution in [0.15, 0.2) is 52.2 Å². The van der Waals surface area contributed by atoms with Crippen molar-refractivity contribution in [3.63, 3.8) is 0 Å². The van der Waals surface area contributed by atoms with E-state index < -0.39 is 10.0 Å². The Kier molecular flexibility index (Phi) is 4.10. The molecule has 0 atom stereocenters. The lowest BCUT2D eigenvalue weighted by Crippen LogP contribution is -2.13. The first-order valence-corrected chi connectivity index (χ1v) is 9.17. The number of benzene rings is 2. The maximum Gasteiger partial charge on any atom is 0.305 e. The molecule has 0 unspecified atom stereocenters. The highest BCUT2D eigenvalue weighted by Crippen LogP contribution is 2.27. The molecular weight excluding hydrogens is 336 g/mol. The minimum absolute atomic E-state index is 0.0894. The number of aromatic nitrogens is 1. The molecule has 8 heteroatoms. The Labute approximate surface area is 136 Å².